The van der Waals surface area contributed by atoms with E-state index in [0.717, 1.165) is 0 Å². The molecule has 0 saturated heterocycles. The highest BCUT2D eigenvalue weighted by Crippen LogP contribution is 2.08. The van der Waals surface area contributed by atoms with Crippen LogP contribution in [0.15, 0.2) is 21.8 Å². The number of hydrogen-bond acceptors (Lipinski definition) is 4. The summed E-state index contributed by atoms with van der Waals surface area (Å²) >= 11 is 0. The highest BCUT2D eigenvalue weighted by atomic mass is 16.3. The van der Waals surface area contributed by atoms with Crippen molar-refractivity contribution in [1.82, 2.24) is 10.7 Å². The van der Waals surface area contributed by atoms with E-state index >= 15 is 0 Å². The number of nitrogens with one attached hydrogen (secondary N) is 2. The van der Waals surface area contributed by atoms with Crippen LogP contribution in [-0.4, -0.2) is 23.1 Å². The van der Waals surface area contributed by atoms with Crippen LogP contribution in [0.1, 0.15) is 50.2 Å². The molecule has 0 fully saturated rings. The molecule has 0 spiro atoms. The molecule has 0 aliphatic heterocycles. The summed E-state index contributed by atoms with van der Waals surface area (Å²) < 4.78 is 5.04. The molecule has 1 aromatic heterocycles. The maximum Gasteiger partial charge on any atom is 0.274 e. The van der Waals surface area contributed by atoms with Gasteiger partial charge in [-0.15, -0.1) is 0 Å². The summed E-state index contributed by atoms with van der Waals surface area (Å²) in [6.07, 6.45) is 1.58. The van der Waals surface area contributed by atoms with E-state index in [-0.39, 0.29) is 23.8 Å². The van der Waals surface area contributed by atoms with Gasteiger partial charge >= 0.3 is 0 Å². The molecular weight excluding hydrogens is 258 g/mol. The van der Waals surface area contributed by atoms with E-state index in [2.05, 4.69) is 15.8 Å². The highest BCUT2D eigenvalue weighted by Gasteiger charge is 2.15. The molecule has 1 heterocycles. The Morgan fingerprint density at radius 2 is 2.00 bits per heavy atom. The third-order valence-corrected chi connectivity index (χ3v) is 2.38. The molecular formula is C14H21N3O3. The largest absolute Gasteiger partial charge is 0.469 e. The molecule has 0 bridgehead atoms. The van der Waals surface area contributed by atoms with Crippen LogP contribution in [0.4, 0.5) is 0 Å². The van der Waals surface area contributed by atoms with E-state index in [4.69, 9.17) is 4.42 Å². The van der Waals surface area contributed by atoms with Gasteiger partial charge in [0.05, 0.1) is 18.2 Å². The monoisotopic (exact) mass is 279 g/mol. The highest BCUT2D eigenvalue weighted by molar-refractivity contribution is 6.01. The summed E-state index contributed by atoms with van der Waals surface area (Å²) in [6.45, 7) is 9.09. The molecule has 0 atom stereocenters. The van der Waals surface area contributed by atoms with Crippen LogP contribution in [0.3, 0.4) is 0 Å². The molecule has 2 amide bonds. The molecule has 0 unspecified atom stereocenters. The Morgan fingerprint density at radius 3 is 2.50 bits per heavy atom. The topological polar surface area (TPSA) is 83.7 Å². The van der Waals surface area contributed by atoms with Crippen molar-refractivity contribution in [3.8, 4) is 0 Å². The molecule has 20 heavy (non-hydrogen) atoms. The smallest absolute Gasteiger partial charge is 0.274 e. The van der Waals surface area contributed by atoms with Gasteiger partial charge in [-0.3, -0.25) is 9.59 Å². The second kappa shape index (κ2) is 6.36. The third kappa shape index (κ3) is 5.26. The average molecular weight is 279 g/mol. The number of rotatable bonds is 4. The van der Waals surface area contributed by atoms with Crippen LogP contribution in [0.5, 0.6) is 0 Å². The molecule has 0 saturated carbocycles. The van der Waals surface area contributed by atoms with Crippen LogP contribution in [0, 0.1) is 6.92 Å². The van der Waals surface area contributed by atoms with Crippen molar-refractivity contribution in [2.45, 2.75) is 46.6 Å². The molecule has 0 radical (unpaired) electrons. The first-order valence-electron chi connectivity index (χ1n) is 6.37. The van der Waals surface area contributed by atoms with Crippen molar-refractivity contribution in [3.05, 3.63) is 23.7 Å². The first kappa shape index (κ1) is 15.9. The predicted molar refractivity (Wildman–Crippen MR) is 76.5 cm³/mol. The van der Waals surface area contributed by atoms with Crippen LogP contribution in [0.25, 0.3) is 0 Å². The summed E-state index contributed by atoms with van der Waals surface area (Å²) in [7, 11) is 0. The molecule has 6 nitrogen and oxygen atoms in total. The minimum atomic E-state index is -0.355. The van der Waals surface area contributed by atoms with Crippen molar-refractivity contribution < 1.29 is 14.0 Å². The van der Waals surface area contributed by atoms with Gasteiger partial charge in [0.25, 0.3) is 5.91 Å². The summed E-state index contributed by atoms with van der Waals surface area (Å²) in [5.41, 5.74) is 3.08. The number of amides is 2. The Hall–Kier alpha value is -2.11. The number of hydrogen-bond donors (Lipinski definition) is 2. The number of hydrazone groups is 1. The molecule has 2 N–H and O–H groups in total. The number of aryl methyl sites for hydroxylation is 1. The number of furan rings is 1. The SMILES string of the molecule is C/C(CC(=O)NC(C)(C)C)=N/NC(=O)c1ccoc1C. The van der Waals surface area contributed by atoms with Crippen LogP contribution in [-0.2, 0) is 4.79 Å². The zero-order valence-corrected chi connectivity index (χ0v) is 12.5. The molecule has 0 aliphatic carbocycles. The van der Waals surface area contributed by atoms with Crippen molar-refractivity contribution in [1.29, 1.82) is 0 Å². The second-order valence-electron chi connectivity index (χ2n) is 5.65. The van der Waals surface area contributed by atoms with E-state index in [1.807, 2.05) is 20.8 Å². The van der Waals surface area contributed by atoms with E-state index in [1.165, 1.54) is 6.26 Å². The lowest BCUT2D eigenvalue weighted by atomic mass is 10.1. The normalized spacial score (nSPS) is 12.2. The number of nitrogens with zero attached hydrogens (tertiary/aromatic N) is 1. The van der Waals surface area contributed by atoms with E-state index < -0.39 is 0 Å². The van der Waals surface area contributed by atoms with Gasteiger partial charge in [-0.05, 0) is 40.7 Å². The van der Waals surface area contributed by atoms with Crippen molar-refractivity contribution in [3.63, 3.8) is 0 Å². The maximum atomic E-state index is 11.8. The van der Waals surface area contributed by atoms with Gasteiger partial charge < -0.3 is 9.73 Å². The Balaban J connectivity index is 2.52. The summed E-state index contributed by atoms with van der Waals surface area (Å²) in [5, 5.41) is 6.73. The molecule has 0 aromatic carbocycles. The van der Waals surface area contributed by atoms with Crippen LogP contribution < -0.4 is 10.7 Å². The lowest BCUT2D eigenvalue weighted by Crippen LogP contribution is -2.41. The summed E-state index contributed by atoms with van der Waals surface area (Å²) in [4.78, 5) is 23.4. The van der Waals surface area contributed by atoms with Gasteiger partial charge in [-0.1, -0.05) is 0 Å². The minimum absolute atomic E-state index is 0.132. The van der Waals surface area contributed by atoms with Gasteiger partial charge in [0.1, 0.15) is 5.76 Å². The molecule has 1 rings (SSSR count). The Kier molecular flexibility index (Phi) is 5.07. The van der Waals surface area contributed by atoms with Gasteiger partial charge in [0.2, 0.25) is 5.91 Å². The van der Waals surface area contributed by atoms with Gasteiger partial charge in [-0.2, -0.15) is 5.10 Å². The lowest BCUT2D eigenvalue weighted by molar-refractivity contribution is -0.121. The quantitative estimate of drug-likeness (QED) is 0.653. The van der Waals surface area contributed by atoms with Crippen molar-refractivity contribution in [2.75, 3.05) is 0 Å². The Bertz CT molecular complexity index is 524. The van der Waals surface area contributed by atoms with Gasteiger partial charge in [0, 0.05) is 11.3 Å². The predicted octanol–water partition coefficient (Wildman–Crippen LogP) is 2.00. The first-order valence-corrected chi connectivity index (χ1v) is 6.37. The van der Waals surface area contributed by atoms with Gasteiger partial charge in [0.15, 0.2) is 0 Å². The van der Waals surface area contributed by atoms with Crippen LogP contribution >= 0.6 is 0 Å². The fraction of sp³-hybridized carbons (Fsp3) is 0.500. The third-order valence-electron chi connectivity index (χ3n) is 2.38. The fourth-order valence-corrected chi connectivity index (χ4v) is 1.56. The molecule has 0 aliphatic rings. The Labute approximate surface area is 118 Å². The minimum Gasteiger partial charge on any atom is -0.469 e. The van der Waals surface area contributed by atoms with Crippen LogP contribution in [0.2, 0.25) is 0 Å². The average Bonchev–Trinajstić information content (AvgIpc) is 2.69. The zero-order chi connectivity index (χ0) is 15.3. The summed E-state index contributed by atoms with van der Waals surface area (Å²) in [6, 6.07) is 1.57. The van der Waals surface area contributed by atoms with E-state index in [0.29, 0.717) is 17.0 Å². The summed E-state index contributed by atoms with van der Waals surface area (Å²) in [5.74, 6) is 0.0418. The standard InChI is InChI=1S/C14H21N3O3/c1-9(8-12(18)15-14(3,4)5)16-17-13(19)11-6-7-20-10(11)2/h6-7H,8H2,1-5H3,(H,15,18)(H,17,19)/b16-9-. The number of carbonyl (C=O) groups is 2. The van der Waals surface area contributed by atoms with Crippen molar-refractivity contribution >= 4 is 17.5 Å². The molecule has 1 aromatic rings. The fourth-order valence-electron chi connectivity index (χ4n) is 1.56. The molecule has 6 heteroatoms. The first-order chi connectivity index (χ1) is 9.19. The van der Waals surface area contributed by atoms with E-state index in [9.17, 15) is 9.59 Å². The van der Waals surface area contributed by atoms with Gasteiger partial charge in [-0.25, -0.2) is 5.43 Å². The Morgan fingerprint density at radius 1 is 1.35 bits per heavy atom. The lowest BCUT2D eigenvalue weighted by Gasteiger charge is -2.20. The zero-order valence-electron chi connectivity index (χ0n) is 12.5. The molecule has 110 valence electrons. The van der Waals surface area contributed by atoms with E-state index in [1.54, 1.807) is 19.9 Å². The number of carbonyl (C=O) groups excluding carboxylic acids is 2. The van der Waals surface area contributed by atoms with Crippen molar-refractivity contribution in [2.24, 2.45) is 5.10 Å². The maximum absolute atomic E-state index is 11.8. The second-order valence-corrected chi connectivity index (χ2v) is 5.65.